The van der Waals surface area contributed by atoms with Crippen molar-refractivity contribution >= 4 is 5.97 Å². The topological polar surface area (TPSA) is 26.3 Å². The summed E-state index contributed by atoms with van der Waals surface area (Å²) in [6, 6.07) is 0. The highest BCUT2D eigenvalue weighted by Crippen LogP contribution is 2.01. The summed E-state index contributed by atoms with van der Waals surface area (Å²) in [4.78, 5) is 10.4. The molecule has 0 aromatic rings. The lowest BCUT2D eigenvalue weighted by atomic mass is 10.4. The highest BCUT2D eigenvalue weighted by Gasteiger charge is 2.12. The first-order chi connectivity index (χ1) is 4.52. The molecule has 0 saturated heterocycles. The van der Waals surface area contributed by atoms with Crippen LogP contribution < -0.4 is 0 Å². The Bertz CT molecular complexity index is 100. The first-order valence-electron chi connectivity index (χ1n) is 3.00. The largest absolute Gasteiger partial charge is 0.463 e. The van der Waals surface area contributed by atoms with Crippen LogP contribution in [0.4, 0.5) is 8.78 Å². The number of esters is 1. The van der Waals surface area contributed by atoms with Crippen LogP contribution in [0.3, 0.4) is 0 Å². The van der Waals surface area contributed by atoms with E-state index in [2.05, 4.69) is 4.74 Å². The predicted molar refractivity (Wildman–Crippen MR) is 31.8 cm³/mol. The van der Waals surface area contributed by atoms with Gasteiger partial charge in [0.1, 0.15) is 6.42 Å². The van der Waals surface area contributed by atoms with Gasteiger partial charge in [-0.05, 0) is 13.8 Å². The van der Waals surface area contributed by atoms with Gasteiger partial charge in [0, 0.05) is 0 Å². The lowest BCUT2D eigenvalue weighted by Crippen LogP contribution is -2.13. The maximum atomic E-state index is 11.4. The molecule has 2 nitrogen and oxygen atoms in total. The number of halogens is 2. The zero-order valence-corrected chi connectivity index (χ0v) is 5.93. The molecule has 4 heteroatoms. The molecule has 60 valence electrons. The molecule has 0 fully saturated rings. The third-order valence-corrected chi connectivity index (χ3v) is 0.688. The molecular weight excluding hydrogens is 142 g/mol. The van der Waals surface area contributed by atoms with Crippen molar-refractivity contribution in [3.05, 3.63) is 0 Å². The van der Waals surface area contributed by atoms with E-state index in [-0.39, 0.29) is 6.10 Å². The van der Waals surface area contributed by atoms with Crippen molar-refractivity contribution in [3.8, 4) is 0 Å². The Balaban J connectivity index is 3.44. The molecule has 0 spiro atoms. The van der Waals surface area contributed by atoms with Crippen molar-refractivity contribution in [3.63, 3.8) is 0 Å². The molecule has 0 unspecified atom stereocenters. The molecule has 0 amide bonds. The minimum Gasteiger partial charge on any atom is -0.463 e. The lowest BCUT2D eigenvalue weighted by Gasteiger charge is -2.06. The molecule has 0 bridgehead atoms. The minimum absolute atomic E-state index is 0.314. The zero-order chi connectivity index (χ0) is 8.15. The molecule has 0 saturated carbocycles. The van der Waals surface area contributed by atoms with Crippen molar-refractivity contribution in [2.45, 2.75) is 32.8 Å². The van der Waals surface area contributed by atoms with E-state index >= 15 is 0 Å². The van der Waals surface area contributed by atoms with Gasteiger partial charge < -0.3 is 4.74 Å². The second kappa shape index (κ2) is 4.19. The molecule has 0 aromatic carbocycles. The monoisotopic (exact) mass is 152 g/mol. The van der Waals surface area contributed by atoms with E-state index in [1.165, 1.54) is 0 Å². The van der Waals surface area contributed by atoms with E-state index in [0.717, 1.165) is 0 Å². The Hall–Kier alpha value is -0.670. The van der Waals surface area contributed by atoms with E-state index in [1.54, 1.807) is 13.8 Å². The Morgan fingerprint density at radius 3 is 2.30 bits per heavy atom. The highest BCUT2D eigenvalue weighted by molar-refractivity contribution is 5.69. The van der Waals surface area contributed by atoms with E-state index in [1.807, 2.05) is 0 Å². The SMILES string of the molecule is CC(C)OC(=O)CC(F)F. The van der Waals surface area contributed by atoms with E-state index in [9.17, 15) is 13.6 Å². The van der Waals surface area contributed by atoms with Gasteiger partial charge in [-0.2, -0.15) is 0 Å². The van der Waals surface area contributed by atoms with Crippen molar-refractivity contribution in [1.82, 2.24) is 0 Å². The maximum absolute atomic E-state index is 11.4. The second-order valence-corrected chi connectivity index (χ2v) is 2.13. The average Bonchev–Trinajstić information content (AvgIpc) is 1.58. The Morgan fingerprint density at radius 1 is 1.50 bits per heavy atom. The first-order valence-corrected chi connectivity index (χ1v) is 3.00. The molecule has 0 aromatic heterocycles. The molecule has 0 radical (unpaired) electrons. The summed E-state index contributed by atoms with van der Waals surface area (Å²) in [5.74, 6) is -0.843. The van der Waals surface area contributed by atoms with Crippen molar-refractivity contribution in [2.24, 2.45) is 0 Å². The number of alkyl halides is 2. The van der Waals surface area contributed by atoms with Crippen LogP contribution in [0.2, 0.25) is 0 Å². The van der Waals surface area contributed by atoms with Crippen LogP contribution in [0.1, 0.15) is 20.3 Å². The predicted octanol–water partition coefficient (Wildman–Crippen LogP) is 1.59. The number of carbonyl (C=O) groups is 1. The van der Waals surface area contributed by atoms with E-state index in [4.69, 9.17) is 0 Å². The molecule has 0 atom stereocenters. The molecular formula is C6H10F2O2. The van der Waals surface area contributed by atoms with E-state index < -0.39 is 18.8 Å². The summed E-state index contributed by atoms with van der Waals surface area (Å²) < 4.78 is 27.3. The van der Waals surface area contributed by atoms with Gasteiger partial charge in [-0.15, -0.1) is 0 Å². The average molecular weight is 152 g/mol. The lowest BCUT2D eigenvalue weighted by molar-refractivity contribution is -0.150. The number of carbonyl (C=O) groups excluding carboxylic acids is 1. The molecule has 0 N–H and O–H groups in total. The van der Waals surface area contributed by atoms with Gasteiger partial charge in [0.05, 0.1) is 6.10 Å². The van der Waals surface area contributed by atoms with Crippen LogP contribution in [0, 0.1) is 0 Å². The van der Waals surface area contributed by atoms with Crippen molar-refractivity contribution < 1.29 is 18.3 Å². The quantitative estimate of drug-likeness (QED) is 0.574. The molecule has 0 aliphatic carbocycles. The smallest absolute Gasteiger partial charge is 0.311 e. The Kier molecular flexibility index (Phi) is 3.91. The summed E-state index contributed by atoms with van der Waals surface area (Å²) >= 11 is 0. The molecule has 10 heavy (non-hydrogen) atoms. The third-order valence-electron chi connectivity index (χ3n) is 0.688. The molecule has 0 aliphatic heterocycles. The van der Waals surface area contributed by atoms with Crippen LogP contribution in [-0.4, -0.2) is 18.5 Å². The third kappa shape index (κ3) is 5.47. The summed E-state index contributed by atoms with van der Waals surface area (Å²) in [5.41, 5.74) is 0. The molecule has 0 heterocycles. The zero-order valence-electron chi connectivity index (χ0n) is 5.93. The van der Waals surface area contributed by atoms with Gasteiger partial charge in [-0.3, -0.25) is 4.79 Å². The van der Waals surface area contributed by atoms with Gasteiger partial charge >= 0.3 is 5.97 Å². The standard InChI is InChI=1S/C6H10F2O2/c1-4(2)10-6(9)3-5(7)8/h4-5H,3H2,1-2H3. The fourth-order valence-electron chi connectivity index (χ4n) is 0.437. The minimum atomic E-state index is -2.61. The van der Waals surface area contributed by atoms with Gasteiger partial charge in [0.2, 0.25) is 6.43 Å². The molecule has 0 aliphatic rings. The summed E-state index contributed by atoms with van der Waals surface area (Å²) in [7, 11) is 0. The van der Waals surface area contributed by atoms with Crippen LogP contribution >= 0.6 is 0 Å². The summed E-state index contributed by atoms with van der Waals surface area (Å²) in [6.45, 7) is 3.23. The fourth-order valence-corrected chi connectivity index (χ4v) is 0.437. The van der Waals surface area contributed by atoms with Crippen LogP contribution in [0.5, 0.6) is 0 Å². The van der Waals surface area contributed by atoms with Crippen molar-refractivity contribution in [1.29, 1.82) is 0 Å². The van der Waals surface area contributed by atoms with Gasteiger partial charge in [-0.25, -0.2) is 8.78 Å². The normalized spacial score (nSPS) is 10.6. The highest BCUT2D eigenvalue weighted by atomic mass is 19.3. The van der Waals surface area contributed by atoms with Crippen LogP contribution in [0.25, 0.3) is 0 Å². The van der Waals surface area contributed by atoms with Crippen LogP contribution in [-0.2, 0) is 9.53 Å². The number of rotatable bonds is 3. The van der Waals surface area contributed by atoms with Crippen LogP contribution in [0.15, 0.2) is 0 Å². The number of hydrogen-bond donors (Lipinski definition) is 0. The maximum Gasteiger partial charge on any atom is 0.311 e. The van der Waals surface area contributed by atoms with Gasteiger partial charge in [-0.1, -0.05) is 0 Å². The fraction of sp³-hybridized carbons (Fsp3) is 0.833. The van der Waals surface area contributed by atoms with Gasteiger partial charge in [0.25, 0.3) is 0 Å². The van der Waals surface area contributed by atoms with E-state index in [0.29, 0.717) is 0 Å². The van der Waals surface area contributed by atoms with Gasteiger partial charge in [0.15, 0.2) is 0 Å². The Labute approximate surface area is 58.2 Å². The summed E-state index contributed by atoms with van der Waals surface area (Å²) in [5, 5.41) is 0. The Morgan fingerprint density at radius 2 is 2.00 bits per heavy atom. The molecule has 0 rings (SSSR count). The number of ether oxygens (including phenoxy) is 1. The second-order valence-electron chi connectivity index (χ2n) is 2.13. The summed E-state index contributed by atoms with van der Waals surface area (Å²) in [6.07, 6.45) is -3.73. The first kappa shape index (κ1) is 9.33. The van der Waals surface area contributed by atoms with Crippen molar-refractivity contribution in [2.75, 3.05) is 0 Å². The number of hydrogen-bond acceptors (Lipinski definition) is 2.